The van der Waals surface area contributed by atoms with Crippen molar-refractivity contribution < 1.29 is 22.9 Å². The first-order chi connectivity index (χ1) is 11.7. The molecule has 1 atom stereocenters. The van der Waals surface area contributed by atoms with Crippen LogP contribution in [-0.4, -0.2) is 24.7 Å². The predicted molar refractivity (Wildman–Crippen MR) is 82.7 cm³/mol. The number of benzene rings is 1. The van der Waals surface area contributed by atoms with Crippen LogP contribution in [0.2, 0.25) is 0 Å². The third-order valence-electron chi connectivity index (χ3n) is 3.46. The fraction of sp³-hybridized carbons (Fsp3) is 0.176. The van der Waals surface area contributed by atoms with E-state index in [-0.39, 0.29) is 18.1 Å². The Morgan fingerprint density at radius 2 is 2.17 bits per heavy atom. The Morgan fingerprint density at radius 3 is 2.88 bits per heavy atom. The molecule has 0 saturated heterocycles. The Kier molecular flexibility index (Phi) is 4.72. The second kappa shape index (κ2) is 7.10. The number of carbonyl (C=O) groups excluding carboxylic acids is 1. The van der Waals surface area contributed by atoms with E-state index < -0.39 is 12.0 Å². The van der Waals surface area contributed by atoms with Crippen molar-refractivity contribution in [3.05, 3.63) is 65.8 Å². The zero-order valence-corrected chi connectivity index (χ0v) is 12.9. The molecule has 1 unspecified atom stereocenters. The van der Waals surface area contributed by atoms with Gasteiger partial charge in [-0.05, 0) is 29.8 Å². The summed E-state index contributed by atoms with van der Waals surface area (Å²) in [5.74, 6) is 0.0603. The van der Waals surface area contributed by atoms with Crippen LogP contribution in [0.3, 0.4) is 0 Å². The summed E-state index contributed by atoms with van der Waals surface area (Å²) in [4.78, 5) is 12.2. The monoisotopic (exact) mass is 330 g/mol. The van der Waals surface area contributed by atoms with Crippen LogP contribution in [0.4, 0.5) is 4.39 Å². The number of halogens is 1. The first-order valence-electron chi connectivity index (χ1n) is 7.24. The van der Waals surface area contributed by atoms with Crippen molar-refractivity contribution in [3.8, 4) is 11.5 Å². The number of hydrogen-bond donors (Lipinski definition) is 1. The summed E-state index contributed by atoms with van der Waals surface area (Å²) >= 11 is 0. The van der Waals surface area contributed by atoms with Gasteiger partial charge in [0.1, 0.15) is 5.82 Å². The minimum atomic E-state index is -0.471. The van der Waals surface area contributed by atoms with Crippen LogP contribution in [0.1, 0.15) is 22.2 Å². The van der Waals surface area contributed by atoms with E-state index in [4.69, 9.17) is 13.7 Å². The zero-order valence-electron chi connectivity index (χ0n) is 12.9. The number of aromatic nitrogens is 1. The molecule has 0 fully saturated rings. The van der Waals surface area contributed by atoms with E-state index in [1.807, 2.05) is 0 Å². The summed E-state index contributed by atoms with van der Waals surface area (Å²) in [6.07, 6.45) is 1.03. The molecule has 1 N–H and O–H groups in total. The largest absolute Gasteiger partial charge is 0.461 e. The maximum Gasteiger partial charge on any atom is 0.273 e. The molecule has 0 aliphatic rings. The van der Waals surface area contributed by atoms with Crippen molar-refractivity contribution in [1.29, 1.82) is 0 Å². The van der Waals surface area contributed by atoms with Gasteiger partial charge >= 0.3 is 0 Å². The number of nitrogens with zero attached hydrogens (tertiary/aromatic N) is 1. The van der Waals surface area contributed by atoms with E-state index in [9.17, 15) is 9.18 Å². The molecule has 7 heteroatoms. The predicted octanol–water partition coefficient (Wildman–Crippen LogP) is 3.19. The highest BCUT2D eigenvalue weighted by Gasteiger charge is 2.17. The molecule has 0 saturated carbocycles. The van der Waals surface area contributed by atoms with Gasteiger partial charge in [0.25, 0.3) is 5.91 Å². The molecule has 0 bridgehead atoms. The highest BCUT2D eigenvalue weighted by molar-refractivity contribution is 5.92. The molecule has 3 aromatic rings. The highest BCUT2D eigenvalue weighted by Crippen LogP contribution is 2.21. The quantitative estimate of drug-likeness (QED) is 0.751. The molecule has 0 spiro atoms. The number of rotatable bonds is 6. The minimum Gasteiger partial charge on any atom is -0.461 e. The summed E-state index contributed by atoms with van der Waals surface area (Å²) in [6, 6.07) is 10.9. The molecule has 3 rings (SSSR count). The highest BCUT2D eigenvalue weighted by atomic mass is 19.1. The van der Waals surface area contributed by atoms with E-state index in [0.29, 0.717) is 17.1 Å². The van der Waals surface area contributed by atoms with Gasteiger partial charge in [0.05, 0.1) is 12.4 Å². The third kappa shape index (κ3) is 3.52. The molecule has 0 aliphatic carbocycles. The molecule has 2 heterocycles. The molecule has 2 aromatic heterocycles. The Hall–Kier alpha value is -2.93. The third-order valence-corrected chi connectivity index (χ3v) is 3.46. The van der Waals surface area contributed by atoms with Crippen molar-refractivity contribution in [1.82, 2.24) is 10.5 Å². The Balaban J connectivity index is 1.64. The van der Waals surface area contributed by atoms with E-state index >= 15 is 0 Å². The molecule has 0 aliphatic heterocycles. The normalized spacial score (nSPS) is 12.1. The molecule has 1 amide bonds. The van der Waals surface area contributed by atoms with Gasteiger partial charge < -0.3 is 19.0 Å². The number of amides is 1. The van der Waals surface area contributed by atoms with Crippen molar-refractivity contribution >= 4 is 5.91 Å². The number of ether oxygens (including phenoxy) is 1. The van der Waals surface area contributed by atoms with Gasteiger partial charge in [-0.1, -0.05) is 17.3 Å². The maximum atomic E-state index is 13.3. The van der Waals surface area contributed by atoms with Crippen LogP contribution in [0, 0.1) is 5.82 Å². The van der Waals surface area contributed by atoms with Crippen molar-refractivity contribution in [2.45, 2.75) is 6.10 Å². The Morgan fingerprint density at radius 1 is 1.29 bits per heavy atom. The first-order valence-corrected chi connectivity index (χ1v) is 7.24. The fourth-order valence-corrected chi connectivity index (χ4v) is 2.24. The van der Waals surface area contributed by atoms with Crippen molar-refractivity contribution in [2.75, 3.05) is 13.7 Å². The summed E-state index contributed by atoms with van der Waals surface area (Å²) in [6.45, 7) is 0.168. The molecule has 6 nitrogen and oxygen atoms in total. The van der Waals surface area contributed by atoms with Crippen LogP contribution < -0.4 is 5.32 Å². The van der Waals surface area contributed by atoms with Gasteiger partial charge in [-0.2, -0.15) is 0 Å². The molecule has 1 aromatic carbocycles. The van der Waals surface area contributed by atoms with Gasteiger partial charge in [-0.15, -0.1) is 0 Å². The van der Waals surface area contributed by atoms with E-state index in [1.165, 1.54) is 31.6 Å². The van der Waals surface area contributed by atoms with Crippen molar-refractivity contribution in [3.63, 3.8) is 0 Å². The van der Waals surface area contributed by atoms with Gasteiger partial charge in [-0.3, -0.25) is 4.79 Å². The molecule has 0 radical (unpaired) electrons. The zero-order chi connectivity index (χ0) is 16.9. The minimum absolute atomic E-state index is 0.121. The Bertz CT molecular complexity index is 814. The molecule has 24 heavy (non-hydrogen) atoms. The smallest absolute Gasteiger partial charge is 0.273 e. The van der Waals surface area contributed by atoms with Crippen molar-refractivity contribution in [2.24, 2.45) is 0 Å². The lowest BCUT2D eigenvalue weighted by molar-refractivity contribution is 0.0820. The summed E-state index contributed by atoms with van der Waals surface area (Å²) < 4.78 is 28.8. The summed E-state index contributed by atoms with van der Waals surface area (Å²) in [7, 11) is 1.49. The maximum absolute atomic E-state index is 13.3. The first kappa shape index (κ1) is 15.9. The summed E-state index contributed by atoms with van der Waals surface area (Å²) in [5.41, 5.74) is 0.754. The average molecular weight is 330 g/mol. The van der Waals surface area contributed by atoms with E-state index in [0.717, 1.165) is 0 Å². The number of nitrogens with one attached hydrogen (secondary N) is 1. The number of hydrogen-bond acceptors (Lipinski definition) is 5. The van der Waals surface area contributed by atoms with E-state index in [2.05, 4.69) is 10.5 Å². The van der Waals surface area contributed by atoms with Crippen LogP contribution in [0.25, 0.3) is 11.5 Å². The van der Waals surface area contributed by atoms with Crippen LogP contribution in [-0.2, 0) is 4.74 Å². The fourth-order valence-electron chi connectivity index (χ4n) is 2.24. The topological polar surface area (TPSA) is 77.5 Å². The summed E-state index contributed by atoms with van der Waals surface area (Å²) in [5, 5.41) is 6.40. The lowest BCUT2D eigenvalue weighted by Crippen LogP contribution is -2.29. The van der Waals surface area contributed by atoms with Gasteiger partial charge in [-0.25, -0.2) is 4.39 Å². The number of furan rings is 1. The van der Waals surface area contributed by atoms with Gasteiger partial charge in [0, 0.05) is 19.7 Å². The second-order valence-corrected chi connectivity index (χ2v) is 5.04. The lowest BCUT2D eigenvalue weighted by atomic mass is 10.1. The van der Waals surface area contributed by atoms with Crippen LogP contribution in [0.5, 0.6) is 0 Å². The molecular formula is C17H15FN2O4. The van der Waals surface area contributed by atoms with Crippen LogP contribution in [0.15, 0.2) is 57.7 Å². The van der Waals surface area contributed by atoms with Gasteiger partial charge in [0.15, 0.2) is 11.5 Å². The van der Waals surface area contributed by atoms with Crippen LogP contribution >= 0.6 is 0 Å². The number of carbonyl (C=O) groups is 1. The average Bonchev–Trinajstić information content (AvgIpc) is 3.26. The molecule has 124 valence electrons. The number of methoxy groups -OCH3 is 1. The second-order valence-electron chi connectivity index (χ2n) is 5.04. The Labute approximate surface area is 137 Å². The lowest BCUT2D eigenvalue weighted by Gasteiger charge is -2.16. The molecular weight excluding hydrogens is 315 g/mol. The van der Waals surface area contributed by atoms with Gasteiger partial charge in [0.2, 0.25) is 5.76 Å². The SMILES string of the molecule is COC(CNC(=O)c1cc(-c2ccco2)on1)c1cccc(F)c1. The van der Waals surface area contributed by atoms with E-state index in [1.54, 1.807) is 24.3 Å². The standard InChI is InChI=1S/C17H15FN2O4/c1-22-16(11-4-2-5-12(18)8-11)10-19-17(21)13-9-15(24-20-13)14-6-3-7-23-14/h2-9,16H,10H2,1H3,(H,19,21).